The zero-order valence-corrected chi connectivity index (χ0v) is 14.8. The summed E-state index contributed by atoms with van der Waals surface area (Å²) < 4.78 is 8.07. The molecule has 2 nitrogen and oxygen atoms in total. The molecule has 1 fully saturated rings. The number of nitrogens with one attached hydrogen (secondary N) is 1. The normalized spacial score (nSPS) is 16.3. The van der Waals surface area contributed by atoms with Gasteiger partial charge in [0, 0.05) is 27.4 Å². The molecule has 0 unspecified atom stereocenters. The van der Waals surface area contributed by atoms with E-state index in [1.54, 1.807) is 0 Å². The van der Waals surface area contributed by atoms with Crippen LogP contribution < -0.4 is 10.1 Å². The minimum absolute atomic E-state index is 0.215. The first-order chi connectivity index (χ1) is 10.2. The quantitative estimate of drug-likeness (QED) is 0.782. The second-order valence-electron chi connectivity index (χ2n) is 5.45. The van der Waals surface area contributed by atoms with E-state index in [4.69, 9.17) is 4.74 Å². The van der Waals surface area contributed by atoms with Crippen LogP contribution in [0, 0.1) is 0 Å². The van der Waals surface area contributed by atoms with E-state index in [1.807, 2.05) is 24.3 Å². The molecular formula is C17H17Br2NO. The van der Waals surface area contributed by atoms with Crippen molar-refractivity contribution in [3.05, 3.63) is 63.0 Å². The molecule has 1 heterocycles. The van der Waals surface area contributed by atoms with Crippen LogP contribution in [0.5, 0.6) is 5.75 Å². The first-order valence-corrected chi connectivity index (χ1v) is 8.62. The predicted molar refractivity (Wildman–Crippen MR) is 92.9 cm³/mol. The molecule has 1 saturated heterocycles. The van der Waals surface area contributed by atoms with Gasteiger partial charge in [0.1, 0.15) is 5.75 Å². The van der Waals surface area contributed by atoms with Crippen LogP contribution in [0.15, 0.2) is 57.5 Å². The smallest absolute Gasteiger partial charge is 0.120 e. The van der Waals surface area contributed by atoms with Crippen LogP contribution in [0.3, 0.4) is 0 Å². The summed E-state index contributed by atoms with van der Waals surface area (Å²) in [7, 11) is 0. The summed E-state index contributed by atoms with van der Waals surface area (Å²) in [5, 5.41) is 3.40. The highest BCUT2D eigenvalue weighted by atomic mass is 79.9. The van der Waals surface area contributed by atoms with Gasteiger partial charge in [-0.1, -0.05) is 50.1 Å². The van der Waals surface area contributed by atoms with Gasteiger partial charge in [-0.15, -0.1) is 0 Å². The summed E-state index contributed by atoms with van der Waals surface area (Å²) in [6.07, 6.45) is 1.02. The van der Waals surface area contributed by atoms with E-state index < -0.39 is 0 Å². The summed E-state index contributed by atoms with van der Waals surface area (Å²) in [5.74, 6) is 0.919. The van der Waals surface area contributed by atoms with Gasteiger partial charge in [0.25, 0.3) is 0 Å². The molecule has 0 spiro atoms. The SMILES string of the molecule is Brc1ccc(C2(CCOc3cccc(Br)c3)CNC2)cc1. The van der Waals surface area contributed by atoms with E-state index in [9.17, 15) is 0 Å². The van der Waals surface area contributed by atoms with E-state index in [0.29, 0.717) is 0 Å². The van der Waals surface area contributed by atoms with E-state index in [-0.39, 0.29) is 5.41 Å². The Hall–Kier alpha value is -0.840. The number of benzene rings is 2. The third-order valence-electron chi connectivity index (χ3n) is 4.03. The van der Waals surface area contributed by atoms with Crippen molar-refractivity contribution in [1.82, 2.24) is 5.32 Å². The largest absolute Gasteiger partial charge is 0.494 e. The molecule has 2 aromatic rings. The molecular weight excluding hydrogens is 394 g/mol. The summed E-state index contributed by atoms with van der Waals surface area (Å²) in [4.78, 5) is 0. The fourth-order valence-corrected chi connectivity index (χ4v) is 3.32. The van der Waals surface area contributed by atoms with Crippen molar-refractivity contribution in [3.8, 4) is 5.75 Å². The van der Waals surface area contributed by atoms with E-state index in [0.717, 1.165) is 40.8 Å². The van der Waals surface area contributed by atoms with Crippen molar-refractivity contribution in [2.75, 3.05) is 19.7 Å². The predicted octanol–water partition coefficient (Wildman–Crippen LogP) is 4.52. The van der Waals surface area contributed by atoms with Crippen LogP contribution in [0.4, 0.5) is 0 Å². The summed E-state index contributed by atoms with van der Waals surface area (Å²) in [5.41, 5.74) is 1.61. The lowest BCUT2D eigenvalue weighted by Gasteiger charge is -2.43. The van der Waals surface area contributed by atoms with Crippen LogP contribution in [0.1, 0.15) is 12.0 Å². The average molecular weight is 411 g/mol. The monoisotopic (exact) mass is 409 g/mol. The molecule has 2 aromatic carbocycles. The molecule has 0 radical (unpaired) electrons. The van der Waals surface area contributed by atoms with Crippen LogP contribution in [-0.4, -0.2) is 19.7 Å². The Morgan fingerprint density at radius 2 is 1.76 bits per heavy atom. The van der Waals surface area contributed by atoms with Gasteiger partial charge in [-0.05, 0) is 42.3 Å². The maximum absolute atomic E-state index is 5.90. The highest BCUT2D eigenvalue weighted by Gasteiger charge is 2.38. The zero-order valence-electron chi connectivity index (χ0n) is 11.6. The molecule has 1 N–H and O–H groups in total. The van der Waals surface area contributed by atoms with Gasteiger partial charge in [0.2, 0.25) is 0 Å². The first kappa shape index (κ1) is 15.1. The second-order valence-corrected chi connectivity index (χ2v) is 7.28. The number of ether oxygens (including phenoxy) is 1. The van der Waals surface area contributed by atoms with Crippen molar-refractivity contribution >= 4 is 31.9 Å². The van der Waals surface area contributed by atoms with Gasteiger partial charge in [-0.2, -0.15) is 0 Å². The zero-order chi connectivity index (χ0) is 14.7. The third kappa shape index (κ3) is 3.50. The average Bonchev–Trinajstić information content (AvgIpc) is 2.43. The standard InChI is InChI=1S/C17H17Br2NO/c18-14-6-4-13(5-7-14)17(11-20-12-17)8-9-21-16-3-1-2-15(19)10-16/h1-7,10,20H,8-9,11-12H2. The van der Waals surface area contributed by atoms with Crippen LogP contribution >= 0.6 is 31.9 Å². The van der Waals surface area contributed by atoms with Gasteiger partial charge in [-0.3, -0.25) is 0 Å². The molecule has 1 aliphatic heterocycles. The van der Waals surface area contributed by atoms with Gasteiger partial charge in [-0.25, -0.2) is 0 Å². The molecule has 21 heavy (non-hydrogen) atoms. The highest BCUT2D eigenvalue weighted by molar-refractivity contribution is 9.10. The number of hydrogen-bond donors (Lipinski definition) is 1. The van der Waals surface area contributed by atoms with Crippen molar-refractivity contribution in [2.45, 2.75) is 11.8 Å². The molecule has 110 valence electrons. The number of hydrogen-bond acceptors (Lipinski definition) is 2. The van der Waals surface area contributed by atoms with Crippen LogP contribution in [0.25, 0.3) is 0 Å². The van der Waals surface area contributed by atoms with E-state index in [2.05, 4.69) is 61.4 Å². The Morgan fingerprint density at radius 3 is 2.38 bits per heavy atom. The Labute approximate surface area is 142 Å². The molecule has 0 amide bonds. The van der Waals surface area contributed by atoms with Crippen LogP contribution in [-0.2, 0) is 5.41 Å². The summed E-state index contributed by atoms with van der Waals surface area (Å²) >= 11 is 6.96. The lowest BCUT2D eigenvalue weighted by atomic mass is 9.73. The van der Waals surface area contributed by atoms with Gasteiger partial charge in [0.05, 0.1) is 6.61 Å². The molecule has 4 heteroatoms. The van der Waals surface area contributed by atoms with Crippen LogP contribution in [0.2, 0.25) is 0 Å². The molecule has 0 aliphatic carbocycles. The lowest BCUT2D eigenvalue weighted by Crippen LogP contribution is -2.57. The Bertz CT molecular complexity index is 608. The molecule has 0 saturated carbocycles. The summed E-state index contributed by atoms with van der Waals surface area (Å²) in [6.45, 7) is 2.78. The minimum Gasteiger partial charge on any atom is -0.494 e. The first-order valence-electron chi connectivity index (χ1n) is 7.03. The Kier molecular flexibility index (Phi) is 4.67. The minimum atomic E-state index is 0.215. The Balaban J connectivity index is 1.63. The number of rotatable bonds is 5. The summed E-state index contributed by atoms with van der Waals surface area (Å²) in [6, 6.07) is 16.7. The fourth-order valence-electron chi connectivity index (χ4n) is 2.68. The van der Waals surface area contributed by atoms with Crippen molar-refractivity contribution < 1.29 is 4.74 Å². The highest BCUT2D eigenvalue weighted by Crippen LogP contribution is 2.33. The van der Waals surface area contributed by atoms with E-state index >= 15 is 0 Å². The molecule has 3 rings (SSSR count). The molecule has 1 aliphatic rings. The van der Waals surface area contributed by atoms with E-state index in [1.165, 1.54) is 5.56 Å². The van der Waals surface area contributed by atoms with Gasteiger partial charge >= 0.3 is 0 Å². The van der Waals surface area contributed by atoms with Gasteiger partial charge < -0.3 is 10.1 Å². The molecule has 0 atom stereocenters. The van der Waals surface area contributed by atoms with Gasteiger partial charge in [0.15, 0.2) is 0 Å². The fraction of sp³-hybridized carbons (Fsp3) is 0.294. The molecule has 0 bridgehead atoms. The lowest BCUT2D eigenvalue weighted by molar-refractivity contribution is 0.199. The van der Waals surface area contributed by atoms with Crippen molar-refractivity contribution in [1.29, 1.82) is 0 Å². The maximum Gasteiger partial charge on any atom is 0.120 e. The maximum atomic E-state index is 5.90. The molecule has 0 aromatic heterocycles. The second kappa shape index (κ2) is 6.51. The van der Waals surface area contributed by atoms with Crippen molar-refractivity contribution in [2.24, 2.45) is 0 Å². The Morgan fingerprint density at radius 1 is 1.00 bits per heavy atom. The van der Waals surface area contributed by atoms with Crippen molar-refractivity contribution in [3.63, 3.8) is 0 Å². The number of halogens is 2. The topological polar surface area (TPSA) is 21.3 Å². The third-order valence-corrected chi connectivity index (χ3v) is 5.05.